The van der Waals surface area contributed by atoms with Gasteiger partial charge in [-0.1, -0.05) is 43.2 Å². The molecule has 1 nitrogen and oxygen atoms in total. The van der Waals surface area contributed by atoms with Gasteiger partial charge in [0.2, 0.25) is 0 Å². The fourth-order valence-corrected chi connectivity index (χ4v) is 4.72. The molecule has 0 heterocycles. The number of hydrogen-bond donors (Lipinski definition) is 1. The predicted octanol–water partition coefficient (Wildman–Crippen LogP) is 4.73. The lowest BCUT2D eigenvalue weighted by molar-refractivity contribution is 0.273. The van der Waals surface area contributed by atoms with Crippen LogP contribution in [0.25, 0.3) is 0 Å². The maximum Gasteiger partial charge on any atom is 0.00728 e. The van der Waals surface area contributed by atoms with Crippen LogP contribution in [0.15, 0.2) is 24.3 Å². The highest BCUT2D eigenvalue weighted by atomic mass is 14.9. The maximum atomic E-state index is 3.75. The summed E-state index contributed by atoms with van der Waals surface area (Å²) in [5, 5.41) is 3.75. The van der Waals surface area contributed by atoms with Gasteiger partial charge in [0.1, 0.15) is 0 Å². The maximum absolute atomic E-state index is 3.75. The third-order valence-corrected chi connectivity index (χ3v) is 5.87. The second kappa shape index (κ2) is 6.96. The van der Waals surface area contributed by atoms with Crippen molar-refractivity contribution in [3.8, 4) is 0 Å². The number of benzene rings is 1. The molecule has 4 unspecified atom stereocenters. The molecule has 0 amide bonds. The molecule has 116 valence electrons. The van der Waals surface area contributed by atoms with Crippen LogP contribution in [0.1, 0.15) is 56.6 Å². The summed E-state index contributed by atoms with van der Waals surface area (Å²) < 4.78 is 0. The average Bonchev–Trinajstić information content (AvgIpc) is 3.09. The minimum Gasteiger partial charge on any atom is -0.314 e. The standard InChI is InChI=1S/C20H31N/c1-3-21-20(11-9-16-6-4-15(2)5-7-16)14-19-13-17-8-10-18(19)12-17/h4-7,17-21H,3,8-14H2,1-2H3. The average molecular weight is 285 g/mol. The van der Waals surface area contributed by atoms with Crippen molar-refractivity contribution in [2.75, 3.05) is 6.54 Å². The Morgan fingerprint density at radius 2 is 1.95 bits per heavy atom. The number of fused-ring (bicyclic) bond motifs is 2. The Labute approximate surface area is 130 Å². The zero-order chi connectivity index (χ0) is 14.7. The first-order valence-electron chi connectivity index (χ1n) is 9.03. The second-order valence-electron chi connectivity index (χ2n) is 7.45. The third kappa shape index (κ3) is 3.88. The van der Waals surface area contributed by atoms with Crippen LogP contribution in [0, 0.1) is 24.7 Å². The quantitative estimate of drug-likeness (QED) is 0.763. The first-order chi connectivity index (χ1) is 10.2. The smallest absolute Gasteiger partial charge is 0.00728 e. The van der Waals surface area contributed by atoms with Gasteiger partial charge in [-0.25, -0.2) is 0 Å². The van der Waals surface area contributed by atoms with E-state index < -0.39 is 0 Å². The minimum atomic E-state index is 0.723. The molecule has 1 aromatic carbocycles. The highest BCUT2D eigenvalue weighted by Crippen LogP contribution is 2.50. The lowest BCUT2D eigenvalue weighted by atomic mass is 9.83. The van der Waals surface area contributed by atoms with Crippen molar-refractivity contribution < 1.29 is 0 Å². The van der Waals surface area contributed by atoms with Gasteiger partial charge in [-0.05, 0) is 75.3 Å². The lowest BCUT2D eigenvalue weighted by Crippen LogP contribution is -2.32. The molecule has 2 bridgehead atoms. The zero-order valence-corrected chi connectivity index (χ0v) is 13.8. The molecule has 2 saturated carbocycles. The van der Waals surface area contributed by atoms with E-state index in [4.69, 9.17) is 0 Å². The molecule has 2 aliphatic rings. The van der Waals surface area contributed by atoms with Crippen LogP contribution in [0.5, 0.6) is 0 Å². The lowest BCUT2D eigenvalue weighted by Gasteiger charge is -2.27. The molecule has 0 spiro atoms. The Kier molecular flexibility index (Phi) is 5.00. The van der Waals surface area contributed by atoms with Gasteiger partial charge in [-0.3, -0.25) is 0 Å². The Morgan fingerprint density at radius 3 is 2.57 bits per heavy atom. The van der Waals surface area contributed by atoms with E-state index in [1.165, 1.54) is 49.7 Å². The molecule has 21 heavy (non-hydrogen) atoms. The topological polar surface area (TPSA) is 12.0 Å². The van der Waals surface area contributed by atoms with Crippen LogP contribution in [0.3, 0.4) is 0 Å². The van der Waals surface area contributed by atoms with E-state index in [9.17, 15) is 0 Å². The summed E-state index contributed by atoms with van der Waals surface area (Å²) >= 11 is 0. The summed E-state index contributed by atoms with van der Waals surface area (Å²) in [5.74, 6) is 3.17. The fraction of sp³-hybridized carbons (Fsp3) is 0.700. The van der Waals surface area contributed by atoms with Crippen molar-refractivity contribution in [3.05, 3.63) is 35.4 Å². The molecule has 1 aromatic rings. The van der Waals surface area contributed by atoms with Gasteiger partial charge in [0.05, 0.1) is 0 Å². The second-order valence-corrected chi connectivity index (χ2v) is 7.45. The number of hydrogen-bond acceptors (Lipinski definition) is 1. The highest BCUT2D eigenvalue weighted by molar-refractivity contribution is 5.21. The summed E-state index contributed by atoms with van der Waals surface area (Å²) in [5.41, 5.74) is 2.86. The van der Waals surface area contributed by atoms with Gasteiger partial charge < -0.3 is 5.32 Å². The summed E-state index contributed by atoms with van der Waals surface area (Å²) in [7, 11) is 0. The third-order valence-electron chi connectivity index (χ3n) is 5.87. The number of nitrogens with one attached hydrogen (secondary N) is 1. The zero-order valence-electron chi connectivity index (χ0n) is 13.8. The Hall–Kier alpha value is -0.820. The summed E-state index contributed by atoms with van der Waals surface area (Å²) in [6, 6.07) is 9.81. The number of aryl methyl sites for hydroxylation is 2. The van der Waals surface area contributed by atoms with Gasteiger partial charge in [-0.2, -0.15) is 0 Å². The molecular formula is C20H31N. The van der Waals surface area contributed by atoms with Gasteiger partial charge >= 0.3 is 0 Å². The van der Waals surface area contributed by atoms with Crippen molar-refractivity contribution >= 4 is 0 Å². The van der Waals surface area contributed by atoms with Crippen molar-refractivity contribution in [2.24, 2.45) is 17.8 Å². The Bertz CT molecular complexity index is 436. The first-order valence-corrected chi connectivity index (χ1v) is 9.03. The molecule has 0 aromatic heterocycles. The van der Waals surface area contributed by atoms with E-state index in [2.05, 4.69) is 43.4 Å². The van der Waals surface area contributed by atoms with Crippen molar-refractivity contribution in [1.29, 1.82) is 0 Å². The van der Waals surface area contributed by atoms with Gasteiger partial charge in [0.15, 0.2) is 0 Å². The van der Waals surface area contributed by atoms with E-state index in [1.807, 2.05) is 0 Å². The SMILES string of the molecule is CCNC(CCc1ccc(C)cc1)CC1CC2CCC1C2. The van der Waals surface area contributed by atoms with Crippen molar-refractivity contribution in [2.45, 2.75) is 64.8 Å². The summed E-state index contributed by atoms with van der Waals surface area (Å²) in [6.07, 6.45) is 10.0. The molecule has 3 rings (SSSR count). The summed E-state index contributed by atoms with van der Waals surface area (Å²) in [6.45, 7) is 5.53. The molecule has 4 atom stereocenters. The Morgan fingerprint density at radius 1 is 1.14 bits per heavy atom. The summed E-state index contributed by atoms with van der Waals surface area (Å²) in [4.78, 5) is 0. The van der Waals surface area contributed by atoms with Crippen LogP contribution in [-0.4, -0.2) is 12.6 Å². The van der Waals surface area contributed by atoms with Crippen LogP contribution in [0.4, 0.5) is 0 Å². The van der Waals surface area contributed by atoms with E-state index in [-0.39, 0.29) is 0 Å². The van der Waals surface area contributed by atoms with Crippen LogP contribution in [-0.2, 0) is 6.42 Å². The van der Waals surface area contributed by atoms with Gasteiger partial charge in [0, 0.05) is 6.04 Å². The van der Waals surface area contributed by atoms with Crippen LogP contribution in [0.2, 0.25) is 0 Å². The van der Waals surface area contributed by atoms with Gasteiger partial charge in [0.25, 0.3) is 0 Å². The number of rotatable bonds is 7. The van der Waals surface area contributed by atoms with Crippen LogP contribution < -0.4 is 5.32 Å². The largest absolute Gasteiger partial charge is 0.314 e. The first kappa shape index (κ1) is 15.1. The predicted molar refractivity (Wildman–Crippen MR) is 90.5 cm³/mol. The van der Waals surface area contributed by atoms with Crippen molar-refractivity contribution in [3.63, 3.8) is 0 Å². The fourth-order valence-electron chi connectivity index (χ4n) is 4.72. The van der Waals surface area contributed by atoms with E-state index in [0.717, 1.165) is 30.3 Å². The molecule has 0 aliphatic heterocycles. The highest BCUT2D eigenvalue weighted by Gasteiger charge is 2.39. The van der Waals surface area contributed by atoms with Gasteiger partial charge in [-0.15, -0.1) is 0 Å². The Balaban J connectivity index is 1.51. The van der Waals surface area contributed by atoms with E-state index in [1.54, 1.807) is 6.42 Å². The molecule has 0 saturated heterocycles. The molecule has 0 radical (unpaired) electrons. The molecule has 1 heteroatoms. The molecule has 2 aliphatic carbocycles. The van der Waals surface area contributed by atoms with Crippen LogP contribution >= 0.6 is 0 Å². The van der Waals surface area contributed by atoms with Crippen molar-refractivity contribution in [1.82, 2.24) is 5.32 Å². The normalized spacial score (nSPS) is 29.0. The monoisotopic (exact) mass is 285 g/mol. The molecule has 1 N–H and O–H groups in total. The minimum absolute atomic E-state index is 0.723. The van der Waals surface area contributed by atoms with E-state index >= 15 is 0 Å². The molecule has 2 fully saturated rings. The van der Waals surface area contributed by atoms with E-state index in [0.29, 0.717) is 0 Å². The molecular weight excluding hydrogens is 254 g/mol.